The molecule has 0 spiro atoms. The number of nitrogens with two attached hydrogens (primary N) is 2. The number of primary amides is 2. The van der Waals surface area contributed by atoms with Gasteiger partial charge in [0, 0.05) is 80.6 Å². The highest BCUT2D eigenvalue weighted by Gasteiger charge is 2.36. The number of hydrogen-bond donors (Lipinski definition) is 5. The molecule has 3 fully saturated rings. The fourth-order valence-electron chi connectivity index (χ4n) is 6.54. The minimum absolute atomic E-state index is 0.192. The fourth-order valence-corrected chi connectivity index (χ4v) is 7.12. The molecule has 262 valence electrons. The molecule has 14 heteroatoms. The number of amides is 3. The number of fused-ring (bicyclic) bond motifs is 2. The summed E-state index contributed by atoms with van der Waals surface area (Å²) in [5.41, 5.74) is 16.4. The summed E-state index contributed by atoms with van der Waals surface area (Å²) in [6.45, 7) is 10.3. The van der Waals surface area contributed by atoms with E-state index in [9.17, 15) is 14.4 Å². The van der Waals surface area contributed by atoms with Crippen LogP contribution >= 0.6 is 22.6 Å². The number of hydrogen-bond acceptors (Lipinski definition) is 8. The summed E-state index contributed by atoms with van der Waals surface area (Å²) in [6, 6.07) is 12.3. The number of likely N-dealkylation sites (N-methyl/N-ethyl adjacent to an activating group) is 2. The van der Waals surface area contributed by atoms with E-state index in [-0.39, 0.29) is 12.1 Å². The zero-order valence-corrected chi connectivity index (χ0v) is 30.7. The molecular formula is C35H45IN8O5. The number of ether oxygens (including phenoxy) is 2. The molecule has 3 aliphatic heterocycles. The number of anilines is 2. The molecule has 0 radical (unpaired) electrons. The quantitative estimate of drug-likeness (QED) is 0.174. The molecule has 1 atom stereocenters. The van der Waals surface area contributed by atoms with Crippen LogP contribution in [0.1, 0.15) is 59.5 Å². The fraction of sp³-hybridized carbons (Fsp3) is 0.457. The van der Waals surface area contributed by atoms with Crippen molar-refractivity contribution in [3.8, 4) is 0 Å². The van der Waals surface area contributed by atoms with Crippen LogP contribution in [0.25, 0.3) is 21.8 Å². The lowest BCUT2D eigenvalue weighted by atomic mass is 10.0. The molecular weight excluding hydrogens is 739 g/mol. The number of likely N-dealkylation sites (tertiary alicyclic amines) is 1. The van der Waals surface area contributed by atoms with Gasteiger partial charge >= 0.3 is 6.09 Å². The maximum Gasteiger partial charge on any atom is 0.410 e. The van der Waals surface area contributed by atoms with Gasteiger partial charge in [-0.1, -0.05) is 0 Å². The van der Waals surface area contributed by atoms with Crippen LogP contribution in [0, 0.1) is 3.70 Å². The Balaban J connectivity index is 0.000000171. The number of rotatable bonds is 7. The van der Waals surface area contributed by atoms with Gasteiger partial charge in [0.2, 0.25) is 0 Å². The molecule has 7 rings (SSSR count). The van der Waals surface area contributed by atoms with Crippen LogP contribution in [0.5, 0.6) is 0 Å². The van der Waals surface area contributed by atoms with E-state index in [1.54, 1.807) is 11.0 Å². The molecule has 2 aromatic heterocycles. The normalized spacial score (nSPS) is 18.1. The molecule has 49 heavy (non-hydrogen) atoms. The maximum absolute atomic E-state index is 12.1. The topological polar surface area (TPSA) is 175 Å². The lowest BCUT2D eigenvalue weighted by Gasteiger charge is -2.45. The SMILES string of the molecule is CN(c1ccc(C(N)=O)c2[nH]c(C3CCOC3)cc12)C1CNC1.CN(c1ccc(C(N)=O)c2[nH]c(I)cc12)C1CN(C(=O)OC(C)(C)C)C1. The van der Waals surface area contributed by atoms with Crippen molar-refractivity contribution in [1.29, 1.82) is 0 Å². The molecule has 3 aliphatic rings. The average Bonchev–Trinajstić information content (AvgIpc) is 3.72. The maximum atomic E-state index is 12.1. The summed E-state index contributed by atoms with van der Waals surface area (Å²) in [4.78, 5) is 48.3. The molecule has 13 nitrogen and oxygen atoms in total. The van der Waals surface area contributed by atoms with E-state index in [2.05, 4.69) is 60.8 Å². The molecule has 7 N–H and O–H groups in total. The molecule has 0 bridgehead atoms. The van der Waals surface area contributed by atoms with Gasteiger partial charge in [-0.2, -0.15) is 0 Å². The second-order valence-electron chi connectivity index (χ2n) is 14.0. The number of carbonyl (C=O) groups is 3. The molecule has 3 saturated heterocycles. The van der Waals surface area contributed by atoms with Crippen molar-refractivity contribution in [2.24, 2.45) is 11.5 Å². The van der Waals surface area contributed by atoms with Crippen LogP contribution in [0.4, 0.5) is 16.2 Å². The summed E-state index contributed by atoms with van der Waals surface area (Å²) >= 11 is 2.18. The number of nitrogens with one attached hydrogen (secondary N) is 3. The van der Waals surface area contributed by atoms with Crippen LogP contribution < -0.4 is 26.6 Å². The monoisotopic (exact) mass is 784 g/mol. The Morgan fingerprint density at radius 2 is 1.47 bits per heavy atom. The molecule has 3 amide bonds. The molecule has 0 aliphatic carbocycles. The minimum Gasteiger partial charge on any atom is -0.444 e. The Morgan fingerprint density at radius 1 is 0.898 bits per heavy atom. The third kappa shape index (κ3) is 7.17. The number of benzene rings is 2. The van der Waals surface area contributed by atoms with Crippen LogP contribution in [0.15, 0.2) is 36.4 Å². The highest BCUT2D eigenvalue weighted by atomic mass is 127. The summed E-state index contributed by atoms with van der Waals surface area (Å²) in [6.07, 6.45) is 0.726. The van der Waals surface area contributed by atoms with Crippen LogP contribution in [0.2, 0.25) is 0 Å². The molecule has 5 heterocycles. The minimum atomic E-state index is -0.493. The Bertz CT molecular complexity index is 1880. The molecule has 4 aromatic rings. The van der Waals surface area contributed by atoms with Crippen molar-refractivity contribution in [2.45, 2.75) is 50.8 Å². The Labute approximate surface area is 299 Å². The van der Waals surface area contributed by atoms with E-state index in [1.165, 1.54) is 0 Å². The second-order valence-corrected chi connectivity index (χ2v) is 15.2. The standard InChI is InChI=1S/C18H23IN4O3.C17H22N4O2/c1-18(2,3)26-17(25)23-8-10(9-23)22(4)13-6-5-11(16(20)24)15-12(13)7-14(19)21-15;1-21(11-7-19-8-11)15-3-2-12(17(18)22)16-13(15)6-14(20-16)10-4-5-23-9-10/h5-7,10,21H,8-9H2,1-4H3,(H2,20,24);2-3,6,10-11,19-20H,4-5,7-9H2,1H3,(H2,18,22). The predicted molar refractivity (Wildman–Crippen MR) is 200 cm³/mol. The Morgan fingerprint density at radius 3 is 1.98 bits per heavy atom. The average molecular weight is 785 g/mol. The van der Waals surface area contributed by atoms with Gasteiger partial charge < -0.3 is 50.9 Å². The van der Waals surface area contributed by atoms with Crippen LogP contribution in [-0.4, -0.2) is 104 Å². The first kappa shape index (κ1) is 34.8. The number of nitrogens with zero attached hydrogens (tertiary/aromatic N) is 3. The van der Waals surface area contributed by atoms with Gasteiger partial charge in [-0.05, 0) is 86.2 Å². The first-order valence-electron chi connectivity index (χ1n) is 16.5. The number of carbonyl (C=O) groups excluding carboxylic acids is 3. The van der Waals surface area contributed by atoms with Crippen molar-refractivity contribution < 1.29 is 23.9 Å². The highest BCUT2D eigenvalue weighted by Crippen LogP contribution is 2.36. The first-order valence-corrected chi connectivity index (χ1v) is 17.6. The van der Waals surface area contributed by atoms with Crippen molar-refractivity contribution in [1.82, 2.24) is 20.2 Å². The number of aromatic amines is 2. The highest BCUT2D eigenvalue weighted by molar-refractivity contribution is 14.1. The Kier molecular flexibility index (Phi) is 9.74. The molecule has 2 aromatic carbocycles. The summed E-state index contributed by atoms with van der Waals surface area (Å²) in [5.74, 6) is -0.487. The lowest BCUT2D eigenvalue weighted by molar-refractivity contribution is 0.00851. The van der Waals surface area contributed by atoms with Gasteiger partial charge in [-0.15, -0.1) is 0 Å². The van der Waals surface area contributed by atoms with E-state index < -0.39 is 17.4 Å². The predicted octanol–water partition coefficient (Wildman–Crippen LogP) is 4.11. The number of H-pyrrole nitrogens is 2. The van der Waals surface area contributed by atoms with E-state index in [0.29, 0.717) is 36.2 Å². The molecule has 0 saturated carbocycles. The van der Waals surface area contributed by atoms with E-state index >= 15 is 0 Å². The van der Waals surface area contributed by atoms with Gasteiger partial charge in [-0.3, -0.25) is 9.59 Å². The van der Waals surface area contributed by atoms with Crippen molar-refractivity contribution in [2.75, 3.05) is 63.3 Å². The van der Waals surface area contributed by atoms with Gasteiger partial charge in [0.15, 0.2) is 0 Å². The van der Waals surface area contributed by atoms with E-state index in [0.717, 1.165) is 75.3 Å². The summed E-state index contributed by atoms with van der Waals surface area (Å²) in [5, 5.41) is 5.31. The number of aromatic nitrogens is 2. The van der Waals surface area contributed by atoms with Crippen LogP contribution in [0.3, 0.4) is 0 Å². The third-order valence-electron chi connectivity index (χ3n) is 9.56. The van der Waals surface area contributed by atoms with E-state index in [4.69, 9.17) is 20.9 Å². The second kappa shape index (κ2) is 13.7. The molecule has 1 unspecified atom stereocenters. The van der Waals surface area contributed by atoms with E-state index in [1.807, 2.05) is 52.1 Å². The summed E-state index contributed by atoms with van der Waals surface area (Å²) in [7, 11) is 4.10. The largest absolute Gasteiger partial charge is 0.444 e. The van der Waals surface area contributed by atoms with Crippen molar-refractivity contribution in [3.05, 3.63) is 56.9 Å². The Hall–Kier alpha value is -4.02. The van der Waals surface area contributed by atoms with Gasteiger partial charge in [0.25, 0.3) is 11.8 Å². The zero-order valence-electron chi connectivity index (χ0n) is 28.6. The van der Waals surface area contributed by atoms with Gasteiger partial charge in [0.05, 0.1) is 44.6 Å². The zero-order chi connectivity index (χ0) is 35.2. The van der Waals surface area contributed by atoms with Crippen LogP contribution in [-0.2, 0) is 9.47 Å². The number of halogens is 1. The smallest absolute Gasteiger partial charge is 0.410 e. The lowest BCUT2D eigenvalue weighted by Crippen LogP contribution is -2.61. The summed E-state index contributed by atoms with van der Waals surface area (Å²) < 4.78 is 11.8. The van der Waals surface area contributed by atoms with Gasteiger partial charge in [0.1, 0.15) is 5.60 Å². The van der Waals surface area contributed by atoms with Crippen molar-refractivity contribution in [3.63, 3.8) is 0 Å². The van der Waals surface area contributed by atoms with Gasteiger partial charge in [-0.25, -0.2) is 4.79 Å². The van der Waals surface area contributed by atoms with Crippen molar-refractivity contribution >= 4 is 73.7 Å². The first-order chi connectivity index (χ1) is 23.2. The third-order valence-corrected chi connectivity index (χ3v) is 10.1.